The zero-order valence-electron chi connectivity index (χ0n) is 52.2. The number of allylic oxidation sites excluding steroid dienone is 3. The van der Waals surface area contributed by atoms with Crippen LogP contribution >= 0.6 is 0 Å². The van der Waals surface area contributed by atoms with Crippen LogP contribution in [0.1, 0.15) is 393 Å². The molecule has 3 N–H and O–H groups in total. The van der Waals surface area contributed by atoms with E-state index in [-0.39, 0.29) is 18.5 Å². The lowest BCUT2D eigenvalue weighted by molar-refractivity contribution is -0.143. The molecule has 0 radical (unpaired) electrons. The van der Waals surface area contributed by atoms with Gasteiger partial charge >= 0.3 is 5.97 Å². The fourth-order valence-electron chi connectivity index (χ4n) is 11.1. The number of carbonyl (C=O) groups excluding carboxylic acids is 2. The highest BCUT2D eigenvalue weighted by Gasteiger charge is 2.18. The Balaban J connectivity index is 3.40. The number of unbranched alkanes of at least 4 members (excludes halogenated alkanes) is 53. The van der Waals surface area contributed by atoms with Gasteiger partial charge in [-0.05, 0) is 57.8 Å². The minimum atomic E-state index is -0.845. The van der Waals surface area contributed by atoms with E-state index in [2.05, 4.69) is 31.3 Å². The summed E-state index contributed by atoms with van der Waals surface area (Å²) in [5.74, 6) is -0.0565. The Morgan fingerprint density at radius 1 is 0.351 bits per heavy atom. The highest BCUT2D eigenvalue weighted by atomic mass is 16.5. The molecule has 456 valence electrons. The van der Waals surface area contributed by atoms with Crippen LogP contribution in [0.4, 0.5) is 0 Å². The molecule has 0 aromatic rings. The fraction of sp³-hybridized carbons (Fsp3) is 0.915. The number of esters is 1. The molecule has 2 unspecified atom stereocenters. The van der Waals surface area contributed by atoms with Gasteiger partial charge in [0.15, 0.2) is 0 Å². The van der Waals surface area contributed by atoms with E-state index in [4.69, 9.17) is 4.74 Å². The van der Waals surface area contributed by atoms with E-state index in [0.717, 1.165) is 44.9 Å². The number of hydrogen-bond donors (Lipinski definition) is 3. The van der Waals surface area contributed by atoms with E-state index in [1.807, 2.05) is 6.08 Å². The summed E-state index contributed by atoms with van der Waals surface area (Å²) in [5, 5.41) is 23.3. The predicted molar refractivity (Wildman–Crippen MR) is 338 cm³/mol. The van der Waals surface area contributed by atoms with Crippen LogP contribution in [0.5, 0.6) is 0 Å². The number of ether oxygens (including phenoxy) is 1. The topological polar surface area (TPSA) is 95.9 Å². The maximum absolute atomic E-state index is 12.5. The lowest BCUT2D eigenvalue weighted by atomic mass is 10.0. The highest BCUT2D eigenvalue weighted by Crippen LogP contribution is 2.19. The van der Waals surface area contributed by atoms with Gasteiger partial charge in [0.1, 0.15) is 0 Å². The first-order chi connectivity index (χ1) is 38.0. The number of nitrogens with one attached hydrogen (secondary N) is 1. The molecule has 0 saturated carbocycles. The van der Waals surface area contributed by atoms with E-state index < -0.39 is 12.1 Å². The molecule has 0 bridgehead atoms. The van der Waals surface area contributed by atoms with Gasteiger partial charge in [0.05, 0.1) is 25.4 Å². The van der Waals surface area contributed by atoms with E-state index in [1.54, 1.807) is 6.08 Å². The molecule has 0 rings (SSSR count). The molecule has 0 aliphatic rings. The number of aliphatic hydroxyl groups is 2. The van der Waals surface area contributed by atoms with Gasteiger partial charge in [0.2, 0.25) is 5.91 Å². The van der Waals surface area contributed by atoms with E-state index in [0.29, 0.717) is 19.4 Å². The van der Waals surface area contributed by atoms with Gasteiger partial charge in [0, 0.05) is 12.8 Å². The van der Waals surface area contributed by atoms with E-state index >= 15 is 0 Å². The molecule has 2 atom stereocenters. The van der Waals surface area contributed by atoms with Crippen LogP contribution in [0.15, 0.2) is 24.3 Å². The summed E-state index contributed by atoms with van der Waals surface area (Å²) < 4.78 is 5.49. The second-order valence-electron chi connectivity index (χ2n) is 24.2. The molecule has 0 fully saturated rings. The molecule has 77 heavy (non-hydrogen) atoms. The average Bonchev–Trinajstić information content (AvgIpc) is 3.43. The largest absolute Gasteiger partial charge is 0.466 e. The van der Waals surface area contributed by atoms with Crippen molar-refractivity contribution < 1.29 is 24.5 Å². The summed E-state index contributed by atoms with van der Waals surface area (Å²) in [6.07, 6.45) is 83.9. The number of rotatable bonds is 66. The second kappa shape index (κ2) is 66.8. The normalized spacial score (nSPS) is 12.6. The van der Waals surface area contributed by atoms with Gasteiger partial charge in [-0.15, -0.1) is 0 Å². The molecule has 6 nitrogen and oxygen atoms in total. The number of aliphatic hydroxyl groups excluding tert-OH is 2. The molecule has 0 aromatic carbocycles. The maximum Gasteiger partial charge on any atom is 0.305 e. The van der Waals surface area contributed by atoms with E-state index in [1.165, 1.54) is 321 Å². The van der Waals surface area contributed by atoms with Crippen molar-refractivity contribution in [1.82, 2.24) is 5.32 Å². The summed E-state index contributed by atoms with van der Waals surface area (Å²) >= 11 is 0. The van der Waals surface area contributed by atoms with Crippen molar-refractivity contribution >= 4 is 11.9 Å². The Morgan fingerprint density at radius 2 is 0.610 bits per heavy atom. The Hall–Kier alpha value is -1.66. The fourth-order valence-corrected chi connectivity index (χ4v) is 11.1. The minimum absolute atomic E-state index is 0.00680. The Labute approximate surface area is 481 Å². The summed E-state index contributed by atoms with van der Waals surface area (Å²) in [7, 11) is 0. The van der Waals surface area contributed by atoms with Crippen molar-refractivity contribution in [3.05, 3.63) is 24.3 Å². The van der Waals surface area contributed by atoms with E-state index in [9.17, 15) is 19.8 Å². The third kappa shape index (κ3) is 63.4. The first kappa shape index (κ1) is 75.3. The summed E-state index contributed by atoms with van der Waals surface area (Å²) in [5.41, 5.74) is 0. The SMILES string of the molecule is CCCCCCCC/C=C\CCCCCCCC(=O)OCCCCCCCCCCCCCCCCCCCCCCCCCC(=O)NC(CO)C(O)/C=C/CCCCCCCCCCCCCCCCCCCCCC. The van der Waals surface area contributed by atoms with Crippen LogP contribution in [0.2, 0.25) is 0 Å². The average molecular weight is 1080 g/mol. The number of amides is 1. The molecule has 0 aliphatic heterocycles. The summed E-state index contributed by atoms with van der Waals surface area (Å²) in [6.45, 7) is 4.93. The third-order valence-corrected chi connectivity index (χ3v) is 16.5. The van der Waals surface area contributed by atoms with Gasteiger partial charge in [-0.3, -0.25) is 9.59 Å². The van der Waals surface area contributed by atoms with Crippen LogP contribution in [-0.2, 0) is 14.3 Å². The lowest BCUT2D eigenvalue weighted by Gasteiger charge is -2.20. The zero-order chi connectivity index (χ0) is 55.7. The summed E-state index contributed by atoms with van der Waals surface area (Å²) in [6, 6.07) is -0.628. The monoisotopic (exact) mass is 1080 g/mol. The molecular weight excluding hydrogens is 947 g/mol. The predicted octanol–water partition coefficient (Wildman–Crippen LogP) is 22.5. The van der Waals surface area contributed by atoms with Crippen molar-refractivity contribution in [3.63, 3.8) is 0 Å². The first-order valence-electron chi connectivity index (χ1n) is 35.1. The van der Waals surface area contributed by atoms with Crippen molar-refractivity contribution in [2.45, 2.75) is 405 Å². The van der Waals surface area contributed by atoms with Crippen LogP contribution in [-0.4, -0.2) is 47.4 Å². The van der Waals surface area contributed by atoms with Crippen LogP contribution in [0.25, 0.3) is 0 Å². The van der Waals surface area contributed by atoms with Crippen LogP contribution < -0.4 is 5.32 Å². The van der Waals surface area contributed by atoms with Crippen LogP contribution in [0.3, 0.4) is 0 Å². The van der Waals surface area contributed by atoms with Gasteiger partial charge in [-0.1, -0.05) is 346 Å². The highest BCUT2D eigenvalue weighted by molar-refractivity contribution is 5.76. The van der Waals surface area contributed by atoms with Crippen molar-refractivity contribution in [2.75, 3.05) is 13.2 Å². The maximum atomic E-state index is 12.5. The smallest absolute Gasteiger partial charge is 0.305 e. The van der Waals surface area contributed by atoms with Crippen molar-refractivity contribution in [3.8, 4) is 0 Å². The standard InChI is InChI=1S/C71H137NO5/c1-3-5-7-9-11-13-15-17-19-20-21-22-26-29-32-36-39-43-47-51-55-59-63-69(74)68(67-73)72-70(75)64-60-56-52-48-44-40-37-33-30-27-24-23-25-28-31-34-38-42-46-50-54-58-62-66-77-71(76)65-61-57-53-49-45-41-35-18-16-14-12-10-8-6-4-2/h18,35,59,63,68-69,73-74H,3-17,19-34,36-58,60-62,64-67H2,1-2H3,(H,72,75)/b35-18-,63-59+. The Kier molecular flexibility index (Phi) is 65.4. The first-order valence-corrected chi connectivity index (χ1v) is 35.1. The molecule has 0 spiro atoms. The lowest BCUT2D eigenvalue weighted by Crippen LogP contribution is -2.45. The third-order valence-electron chi connectivity index (χ3n) is 16.5. The summed E-state index contributed by atoms with van der Waals surface area (Å²) in [4.78, 5) is 24.6. The molecule has 6 heteroatoms. The molecular formula is C71H137NO5. The Bertz CT molecular complexity index is 1200. The van der Waals surface area contributed by atoms with Gasteiger partial charge < -0.3 is 20.3 Å². The number of carbonyl (C=O) groups is 2. The second-order valence-corrected chi connectivity index (χ2v) is 24.2. The van der Waals surface area contributed by atoms with Crippen molar-refractivity contribution in [2.24, 2.45) is 0 Å². The zero-order valence-corrected chi connectivity index (χ0v) is 52.2. The van der Waals surface area contributed by atoms with Gasteiger partial charge in [0.25, 0.3) is 0 Å². The van der Waals surface area contributed by atoms with Crippen molar-refractivity contribution in [1.29, 1.82) is 0 Å². The minimum Gasteiger partial charge on any atom is -0.466 e. The molecule has 0 saturated heterocycles. The molecule has 0 aliphatic carbocycles. The molecule has 1 amide bonds. The molecule has 0 aromatic heterocycles. The molecule has 0 heterocycles. The number of hydrogen-bond acceptors (Lipinski definition) is 5. The quantitative estimate of drug-likeness (QED) is 0.0320. The Morgan fingerprint density at radius 3 is 0.922 bits per heavy atom. The van der Waals surface area contributed by atoms with Gasteiger partial charge in [-0.25, -0.2) is 0 Å². The van der Waals surface area contributed by atoms with Crippen LogP contribution in [0, 0.1) is 0 Å². The van der Waals surface area contributed by atoms with Gasteiger partial charge in [-0.2, -0.15) is 0 Å².